The average Bonchev–Trinajstić information content (AvgIpc) is 4.01. The van der Waals surface area contributed by atoms with Crippen LogP contribution in [0.2, 0.25) is 0 Å². The summed E-state index contributed by atoms with van der Waals surface area (Å²) >= 11 is 1.76. The number of fused-ring (bicyclic) bond motifs is 8. The third-order valence-electron chi connectivity index (χ3n) is 9.16. The molecule has 0 aliphatic carbocycles. The summed E-state index contributed by atoms with van der Waals surface area (Å²) in [6, 6.07) is 48.5. The van der Waals surface area contributed by atoms with Crippen molar-refractivity contribution < 1.29 is 0 Å². The number of rotatable bonds is 4. The number of hydrogen-bond donors (Lipinski definition) is 1. The van der Waals surface area contributed by atoms with Gasteiger partial charge in [0.1, 0.15) is 0 Å². The van der Waals surface area contributed by atoms with Crippen molar-refractivity contribution in [3.05, 3.63) is 168 Å². The van der Waals surface area contributed by atoms with Crippen LogP contribution in [-0.4, -0.2) is 15.0 Å². The molecule has 9 rings (SSSR count). The Hall–Kier alpha value is -6.54. The first kappa shape index (κ1) is 29.6. The SMILES string of the molecule is C#Cc1ccc(-c2c3nc(c(-c4ccccc4)c4ccc([nH]4)c(-c4ccccc4)c4nc(c(-c5ccccc5)c5ccc2s5)C=C4)C=C3)cc1. The number of aromatic amines is 1. The smallest absolute Gasteiger partial charge is 0.0737 e. The van der Waals surface area contributed by atoms with Gasteiger partial charge in [-0.15, -0.1) is 17.8 Å². The first-order valence-corrected chi connectivity index (χ1v) is 17.4. The molecule has 0 saturated heterocycles. The molecule has 0 atom stereocenters. The highest BCUT2D eigenvalue weighted by atomic mass is 32.1. The summed E-state index contributed by atoms with van der Waals surface area (Å²) in [4.78, 5) is 14.6. The molecule has 4 aromatic carbocycles. The third-order valence-corrected chi connectivity index (χ3v) is 10.3. The molecular formula is C46H29N3S. The van der Waals surface area contributed by atoms with Crippen molar-refractivity contribution in [3.63, 3.8) is 0 Å². The third kappa shape index (κ3) is 5.27. The Balaban J connectivity index is 1.47. The van der Waals surface area contributed by atoms with Gasteiger partial charge in [-0.25, -0.2) is 9.97 Å². The second-order valence-electron chi connectivity index (χ2n) is 12.2. The quantitative estimate of drug-likeness (QED) is 0.192. The summed E-state index contributed by atoms with van der Waals surface area (Å²) in [6.45, 7) is 0. The zero-order chi connectivity index (χ0) is 33.4. The molecule has 4 heteroatoms. The fourth-order valence-electron chi connectivity index (χ4n) is 6.84. The van der Waals surface area contributed by atoms with Gasteiger partial charge in [0.25, 0.3) is 0 Å². The molecule has 234 valence electrons. The predicted octanol–water partition coefficient (Wildman–Crippen LogP) is 12.0. The van der Waals surface area contributed by atoms with Gasteiger partial charge >= 0.3 is 0 Å². The number of thiophene rings is 1. The normalized spacial score (nSPS) is 11.8. The summed E-state index contributed by atoms with van der Waals surface area (Å²) in [7, 11) is 0. The lowest BCUT2D eigenvalue weighted by molar-refractivity contribution is 1.32. The van der Waals surface area contributed by atoms with E-state index >= 15 is 0 Å². The summed E-state index contributed by atoms with van der Waals surface area (Å²) in [5, 5.41) is 0. The lowest BCUT2D eigenvalue weighted by Gasteiger charge is -2.06. The monoisotopic (exact) mass is 655 g/mol. The Morgan fingerprint density at radius 1 is 0.420 bits per heavy atom. The molecule has 0 amide bonds. The number of H-pyrrole nitrogens is 1. The molecule has 1 N–H and O–H groups in total. The van der Waals surface area contributed by atoms with Crippen LogP contribution in [0.1, 0.15) is 28.3 Å². The summed E-state index contributed by atoms with van der Waals surface area (Å²) in [5.41, 5.74) is 15.0. The van der Waals surface area contributed by atoms with E-state index in [2.05, 4.69) is 150 Å². The van der Waals surface area contributed by atoms with E-state index in [4.69, 9.17) is 16.4 Å². The van der Waals surface area contributed by atoms with Gasteiger partial charge < -0.3 is 4.98 Å². The van der Waals surface area contributed by atoms with Crippen LogP contribution in [0.3, 0.4) is 0 Å². The van der Waals surface area contributed by atoms with E-state index in [1.54, 1.807) is 11.3 Å². The summed E-state index contributed by atoms with van der Waals surface area (Å²) in [6.07, 6.45) is 14.3. The van der Waals surface area contributed by atoms with Gasteiger partial charge in [0.05, 0.1) is 22.8 Å². The Morgan fingerprint density at radius 2 is 0.800 bits per heavy atom. The molecule has 8 bridgehead atoms. The Morgan fingerprint density at radius 3 is 1.22 bits per heavy atom. The topological polar surface area (TPSA) is 41.6 Å². The minimum absolute atomic E-state index is 0.845. The van der Waals surface area contributed by atoms with E-state index < -0.39 is 0 Å². The first-order chi connectivity index (χ1) is 24.7. The van der Waals surface area contributed by atoms with Gasteiger partial charge in [-0.2, -0.15) is 0 Å². The molecular weight excluding hydrogens is 627 g/mol. The highest BCUT2D eigenvalue weighted by Gasteiger charge is 2.19. The van der Waals surface area contributed by atoms with Gasteiger partial charge in [-0.1, -0.05) is 109 Å². The highest BCUT2D eigenvalue weighted by molar-refractivity contribution is 7.24. The van der Waals surface area contributed by atoms with Crippen LogP contribution >= 0.6 is 11.3 Å². The zero-order valence-corrected chi connectivity index (χ0v) is 27.8. The number of nitrogens with zero attached hydrogens (tertiary/aromatic N) is 2. The molecule has 5 heterocycles. The van der Waals surface area contributed by atoms with Crippen molar-refractivity contribution in [2.45, 2.75) is 0 Å². The van der Waals surface area contributed by atoms with E-state index in [1.165, 1.54) is 0 Å². The summed E-state index contributed by atoms with van der Waals surface area (Å²) in [5.74, 6) is 2.76. The Labute approximate surface area is 294 Å². The van der Waals surface area contributed by atoms with Gasteiger partial charge in [0, 0.05) is 48.3 Å². The molecule has 0 radical (unpaired) electrons. The predicted molar refractivity (Wildman–Crippen MR) is 212 cm³/mol. The molecule has 3 nitrogen and oxygen atoms in total. The van der Waals surface area contributed by atoms with Gasteiger partial charge in [-0.3, -0.25) is 0 Å². The minimum atomic E-state index is 0.845. The van der Waals surface area contributed by atoms with Crippen molar-refractivity contribution >= 4 is 56.1 Å². The highest BCUT2D eigenvalue weighted by Crippen LogP contribution is 2.41. The summed E-state index contributed by atoms with van der Waals surface area (Å²) < 4.78 is 2.25. The maximum absolute atomic E-state index is 5.75. The van der Waals surface area contributed by atoms with Crippen LogP contribution in [0.25, 0.3) is 89.2 Å². The lowest BCUT2D eigenvalue weighted by Crippen LogP contribution is -1.88. The van der Waals surface area contributed by atoms with E-state index in [0.717, 1.165) is 93.3 Å². The van der Waals surface area contributed by atoms with E-state index in [0.29, 0.717) is 0 Å². The molecule has 0 spiro atoms. The second kappa shape index (κ2) is 12.5. The molecule has 2 aliphatic heterocycles. The van der Waals surface area contributed by atoms with E-state index in [-0.39, 0.29) is 0 Å². The van der Waals surface area contributed by atoms with Crippen LogP contribution < -0.4 is 0 Å². The molecule has 2 aliphatic rings. The van der Waals surface area contributed by atoms with Crippen LogP contribution in [0.15, 0.2) is 140 Å². The van der Waals surface area contributed by atoms with Gasteiger partial charge in [0.2, 0.25) is 0 Å². The number of benzene rings is 4. The molecule has 3 aromatic heterocycles. The Kier molecular flexibility index (Phi) is 7.39. The molecule has 7 aromatic rings. The largest absolute Gasteiger partial charge is 0.354 e. The minimum Gasteiger partial charge on any atom is -0.354 e. The van der Waals surface area contributed by atoms with E-state index in [1.807, 2.05) is 24.3 Å². The van der Waals surface area contributed by atoms with Crippen molar-refractivity contribution in [2.75, 3.05) is 0 Å². The van der Waals surface area contributed by atoms with Crippen molar-refractivity contribution in [1.82, 2.24) is 15.0 Å². The molecule has 0 fully saturated rings. The number of terminal acetylenes is 1. The standard InChI is InChI=1S/C46H29N3S/c1-2-30-18-20-34(21-19-30)46-40-27-25-38(49-40)44(32-14-8-4-9-15-32)36-23-22-35(47-36)43(31-12-6-3-7-13-31)37-24-26-39(48-37)45(33-16-10-5-11-17-33)41-28-29-42(46)50-41/h1,3-29,47H. The van der Waals surface area contributed by atoms with Gasteiger partial charge in [-0.05, 0) is 83.0 Å². The van der Waals surface area contributed by atoms with Crippen molar-refractivity contribution in [1.29, 1.82) is 0 Å². The number of aromatic nitrogens is 3. The van der Waals surface area contributed by atoms with Crippen molar-refractivity contribution in [3.8, 4) is 56.9 Å². The van der Waals surface area contributed by atoms with Crippen LogP contribution in [0.4, 0.5) is 0 Å². The maximum Gasteiger partial charge on any atom is 0.0737 e. The zero-order valence-electron chi connectivity index (χ0n) is 27.0. The Bertz CT molecular complexity index is 2640. The fraction of sp³-hybridized carbons (Fsp3) is 0. The fourth-order valence-corrected chi connectivity index (χ4v) is 8.00. The maximum atomic E-state index is 5.75. The number of nitrogens with one attached hydrogen (secondary N) is 1. The van der Waals surface area contributed by atoms with Crippen LogP contribution in [0, 0.1) is 12.3 Å². The second-order valence-corrected chi connectivity index (χ2v) is 13.3. The van der Waals surface area contributed by atoms with E-state index in [9.17, 15) is 0 Å². The first-order valence-electron chi connectivity index (χ1n) is 16.5. The molecule has 0 saturated carbocycles. The van der Waals surface area contributed by atoms with Crippen LogP contribution in [-0.2, 0) is 0 Å². The molecule has 0 unspecified atom stereocenters. The van der Waals surface area contributed by atoms with Gasteiger partial charge in [0.15, 0.2) is 0 Å². The lowest BCUT2D eigenvalue weighted by atomic mass is 10.0. The average molecular weight is 656 g/mol. The molecule has 50 heavy (non-hydrogen) atoms. The number of hydrogen-bond acceptors (Lipinski definition) is 3. The van der Waals surface area contributed by atoms with Crippen molar-refractivity contribution in [2.24, 2.45) is 0 Å². The van der Waals surface area contributed by atoms with Crippen LogP contribution in [0.5, 0.6) is 0 Å².